The molecule has 0 heterocycles. The molecule has 0 saturated carbocycles. The Kier molecular flexibility index (Phi) is 6.85. The first-order valence-electron chi connectivity index (χ1n) is 7.21. The van der Waals surface area contributed by atoms with E-state index < -0.39 is 5.97 Å². The number of hydrogen-bond acceptors (Lipinski definition) is 2. The maximum absolute atomic E-state index is 11.5. The van der Waals surface area contributed by atoms with E-state index >= 15 is 0 Å². The van der Waals surface area contributed by atoms with E-state index in [4.69, 9.17) is 4.74 Å². The lowest BCUT2D eigenvalue weighted by Crippen LogP contribution is -2.04. The lowest BCUT2D eigenvalue weighted by Gasteiger charge is -2.12. The summed E-state index contributed by atoms with van der Waals surface area (Å²) in [5, 5.41) is 9.44. The first-order valence-corrected chi connectivity index (χ1v) is 7.21. The van der Waals surface area contributed by atoms with Crippen LogP contribution < -0.4 is 4.74 Å². The highest BCUT2D eigenvalue weighted by molar-refractivity contribution is 6.15. The fourth-order valence-corrected chi connectivity index (χ4v) is 2.35. The molecule has 1 aromatic carbocycles. The number of carbonyl (C=O) groups is 1. The molecule has 0 unspecified atom stereocenters. The van der Waals surface area contributed by atoms with Crippen LogP contribution in [0.5, 0.6) is 5.75 Å². The first kappa shape index (κ1) is 16.3. The summed E-state index contributed by atoms with van der Waals surface area (Å²) in [6.07, 6.45) is 6.10. The molecule has 3 nitrogen and oxygen atoms in total. The third-order valence-electron chi connectivity index (χ3n) is 3.35. The van der Waals surface area contributed by atoms with E-state index in [0.717, 1.165) is 37.0 Å². The Balaban J connectivity index is 3.04. The van der Waals surface area contributed by atoms with E-state index in [-0.39, 0.29) is 0 Å². The summed E-state index contributed by atoms with van der Waals surface area (Å²) in [7, 11) is 1.60. The molecule has 0 atom stereocenters. The standard InChI is InChI=1S/C17H24O3/c1-4-6-13(7-5-2)12-16(17(18)19)14-8-10-15(20-3)11-9-14/h8-13H,4-7H2,1-3H3,(H,18,19)/b16-12+. The summed E-state index contributed by atoms with van der Waals surface area (Å²) < 4.78 is 5.10. The topological polar surface area (TPSA) is 46.5 Å². The molecule has 0 radical (unpaired) electrons. The van der Waals surface area contributed by atoms with E-state index in [9.17, 15) is 9.90 Å². The molecular weight excluding hydrogens is 252 g/mol. The minimum atomic E-state index is -0.868. The van der Waals surface area contributed by atoms with E-state index in [2.05, 4.69) is 13.8 Å². The van der Waals surface area contributed by atoms with Crippen molar-refractivity contribution in [2.75, 3.05) is 7.11 Å². The number of rotatable bonds is 8. The average molecular weight is 276 g/mol. The highest BCUT2D eigenvalue weighted by Crippen LogP contribution is 2.24. The van der Waals surface area contributed by atoms with Crippen LogP contribution in [-0.2, 0) is 4.79 Å². The first-order chi connectivity index (χ1) is 9.62. The third-order valence-corrected chi connectivity index (χ3v) is 3.35. The molecule has 0 aliphatic carbocycles. The van der Waals surface area contributed by atoms with Gasteiger partial charge in [-0.15, -0.1) is 0 Å². The fraction of sp³-hybridized carbons (Fsp3) is 0.471. The number of hydrogen-bond donors (Lipinski definition) is 1. The quantitative estimate of drug-likeness (QED) is 0.717. The van der Waals surface area contributed by atoms with Gasteiger partial charge in [0.15, 0.2) is 0 Å². The second-order valence-electron chi connectivity index (χ2n) is 4.95. The van der Waals surface area contributed by atoms with E-state index in [1.165, 1.54) is 0 Å². The van der Waals surface area contributed by atoms with Crippen molar-refractivity contribution in [3.8, 4) is 5.75 Å². The molecule has 1 N–H and O–H groups in total. The van der Waals surface area contributed by atoms with E-state index in [0.29, 0.717) is 11.5 Å². The fourth-order valence-electron chi connectivity index (χ4n) is 2.35. The molecule has 1 aromatic rings. The van der Waals surface area contributed by atoms with E-state index in [1.54, 1.807) is 31.4 Å². The zero-order valence-corrected chi connectivity index (χ0v) is 12.6. The lowest BCUT2D eigenvalue weighted by atomic mass is 9.93. The molecule has 0 fully saturated rings. The highest BCUT2D eigenvalue weighted by atomic mass is 16.5. The Labute approximate surface area is 121 Å². The number of carboxylic acids is 1. The molecule has 20 heavy (non-hydrogen) atoms. The largest absolute Gasteiger partial charge is 0.497 e. The van der Waals surface area contributed by atoms with Crippen LogP contribution in [0.3, 0.4) is 0 Å². The number of ether oxygens (including phenoxy) is 1. The van der Waals surface area contributed by atoms with Crippen LogP contribution in [0.4, 0.5) is 0 Å². The van der Waals surface area contributed by atoms with Gasteiger partial charge in [0.25, 0.3) is 0 Å². The molecule has 0 aliphatic rings. The molecular formula is C17H24O3. The van der Waals surface area contributed by atoms with Crippen LogP contribution in [0.25, 0.3) is 5.57 Å². The third kappa shape index (κ3) is 4.72. The Bertz CT molecular complexity index is 440. The van der Waals surface area contributed by atoms with Gasteiger partial charge in [-0.1, -0.05) is 44.9 Å². The zero-order chi connectivity index (χ0) is 15.0. The Morgan fingerprint density at radius 2 is 1.75 bits per heavy atom. The van der Waals surface area contributed by atoms with Gasteiger partial charge in [-0.05, 0) is 36.5 Å². The number of methoxy groups -OCH3 is 1. The van der Waals surface area contributed by atoms with Crippen molar-refractivity contribution >= 4 is 11.5 Å². The number of benzene rings is 1. The number of aliphatic carboxylic acids is 1. The van der Waals surface area contributed by atoms with Gasteiger partial charge in [0.2, 0.25) is 0 Å². The predicted molar refractivity (Wildman–Crippen MR) is 81.9 cm³/mol. The Hall–Kier alpha value is -1.77. The summed E-state index contributed by atoms with van der Waals surface area (Å²) in [6.45, 7) is 4.26. The lowest BCUT2D eigenvalue weighted by molar-refractivity contribution is -0.130. The zero-order valence-electron chi connectivity index (χ0n) is 12.6. The van der Waals surface area contributed by atoms with Crippen LogP contribution in [0.2, 0.25) is 0 Å². The normalized spacial score (nSPS) is 11.7. The van der Waals surface area contributed by atoms with Crippen molar-refractivity contribution in [3.63, 3.8) is 0 Å². The molecule has 0 aliphatic heterocycles. The number of carboxylic acid groups (broad SMARTS) is 1. The molecule has 1 rings (SSSR count). The van der Waals surface area contributed by atoms with Gasteiger partial charge in [-0.3, -0.25) is 0 Å². The van der Waals surface area contributed by atoms with Crippen LogP contribution in [-0.4, -0.2) is 18.2 Å². The Morgan fingerprint density at radius 1 is 1.20 bits per heavy atom. The van der Waals surface area contributed by atoms with Crippen LogP contribution in [0.1, 0.15) is 45.1 Å². The van der Waals surface area contributed by atoms with Gasteiger partial charge >= 0.3 is 5.97 Å². The summed E-state index contributed by atoms with van der Waals surface area (Å²) in [5.41, 5.74) is 1.12. The molecule has 110 valence electrons. The predicted octanol–water partition coefficient (Wildman–Crippen LogP) is 4.38. The summed E-state index contributed by atoms with van der Waals surface area (Å²) in [6, 6.07) is 7.18. The minimum absolute atomic E-state index is 0.332. The van der Waals surface area contributed by atoms with Gasteiger partial charge in [0.1, 0.15) is 5.75 Å². The monoisotopic (exact) mass is 276 g/mol. The molecule has 0 aromatic heterocycles. The maximum atomic E-state index is 11.5. The van der Waals surface area contributed by atoms with Crippen LogP contribution in [0.15, 0.2) is 30.3 Å². The SMILES string of the molecule is CCCC(/C=C(/C(=O)O)c1ccc(OC)cc1)CCC. The van der Waals surface area contributed by atoms with Crippen molar-refractivity contribution in [2.45, 2.75) is 39.5 Å². The molecule has 3 heteroatoms. The molecule has 0 saturated heterocycles. The van der Waals surface area contributed by atoms with Crippen LogP contribution >= 0.6 is 0 Å². The summed E-state index contributed by atoms with van der Waals surface area (Å²) in [4.78, 5) is 11.5. The highest BCUT2D eigenvalue weighted by Gasteiger charge is 2.13. The van der Waals surface area contributed by atoms with Gasteiger partial charge in [0, 0.05) is 0 Å². The summed E-state index contributed by atoms with van der Waals surface area (Å²) in [5.74, 6) is 0.197. The molecule has 0 spiro atoms. The summed E-state index contributed by atoms with van der Waals surface area (Å²) >= 11 is 0. The average Bonchev–Trinajstić information content (AvgIpc) is 2.45. The van der Waals surface area contributed by atoms with Gasteiger partial charge in [-0.25, -0.2) is 4.79 Å². The van der Waals surface area contributed by atoms with Crippen molar-refractivity contribution in [1.29, 1.82) is 0 Å². The van der Waals surface area contributed by atoms with Crippen LogP contribution in [0, 0.1) is 5.92 Å². The van der Waals surface area contributed by atoms with Gasteiger partial charge in [0.05, 0.1) is 12.7 Å². The van der Waals surface area contributed by atoms with E-state index in [1.807, 2.05) is 6.08 Å². The second-order valence-corrected chi connectivity index (χ2v) is 4.95. The minimum Gasteiger partial charge on any atom is -0.497 e. The molecule has 0 amide bonds. The van der Waals surface area contributed by atoms with Gasteiger partial charge in [-0.2, -0.15) is 0 Å². The van der Waals surface area contributed by atoms with Gasteiger partial charge < -0.3 is 9.84 Å². The second kappa shape index (κ2) is 8.41. The van der Waals surface area contributed by atoms with Crippen molar-refractivity contribution < 1.29 is 14.6 Å². The number of allylic oxidation sites excluding steroid dienone is 1. The maximum Gasteiger partial charge on any atom is 0.335 e. The van der Waals surface area contributed by atoms with Crippen molar-refractivity contribution in [2.24, 2.45) is 5.92 Å². The van der Waals surface area contributed by atoms with Crippen molar-refractivity contribution in [1.82, 2.24) is 0 Å². The smallest absolute Gasteiger partial charge is 0.335 e. The molecule has 0 bridgehead atoms. The Morgan fingerprint density at radius 3 is 2.15 bits per heavy atom. The van der Waals surface area contributed by atoms with Crippen molar-refractivity contribution in [3.05, 3.63) is 35.9 Å².